The van der Waals surface area contributed by atoms with E-state index in [1.54, 1.807) is 18.6 Å². The third kappa shape index (κ3) is 3.36. The Kier molecular flexibility index (Phi) is 4.60. The first kappa shape index (κ1) is 14.1. The summed E-state index contributed by atoms with van der Waals surface area (Å²) in [7, 11) is 0. The van der Waals surface area contributed by atoms with Crippen molar-refractivity contribution in [1.82, 2.24) is 14.5 Å². The van der Waals surface area contributed by atoms with Gasteiger partial charge < -0.3 is 5.11 Å². The minimum Gasteiger partial charge on any atom is -0.481 e. The molecule has 7 heteroatoms. The summed E-state index contributed by atoms with van der Waals surface area (Å²) in [6.45, 7) is 2.03. The molecule has 2 aromatic rings. The number of imidazole rings is 1. The van der Waals surface area contributed by atoms with Crippen LogP contribution < -0.4 is 0 Å². The van der Waals surface area contributed by atoms with Crippen molar-refractivity contribution in [2.75, 3.05) is 5.75 Å². The molecule has 0 aromatic carbocycles. The van der Waals surface area contributed by atoms with Gasteiger partial charge in [-0.1, -0.05) is 18.7 Å². The number of halogens is 1. The average molecular weight is 342 g/mol. The smallest absolute Gasteiger partial charge is 0.313 e. The summed E-state index contributed by atoms with van der Waals surface area (Å²) in [5, 5.41) is 9.43. The van der Waals surface area contributed by atoms with Crippen LogP contribution in [0.3, 0.4) is 0 Å². The zero-order valence-electron chi connectivity index (χ0n) is 10.2. The van der Waals surface area contributed by atoms with Crippen molar-refractivity contribution in [2.45, 2.75) is 18.5 Å². The van der Waals surface area contributed by atoms with Gasteiger partial charge >= 0.3 is 5.97 Å². The fourth-order valence-electron chi connectivity index (χ4n) is 1.64. The lowest BCUT2D eigenvalue weighted by atomic mass is 10.3. The summed E-state index contributed by atoms with van der Waals surface area (Å²) in [5.41, 5.74) is 1.89. The lowest BCUT2D eigenvalue weighted by Gasteiger charge is -2.10. The van der Waals surface area contributed by atoms with Crippen LogP contribution in [0.15, 0.2) is 34.3 Å². The summed E-state index contributed by atoms with van der Waals surface area (Å²) in [5.74, 6) is -0.869. The Morgan fingerprint density at radius 2 is 2.26 bits per heavy atom. The number of pyridine rings is 1. The molecular formula is C12H12BrN3O2S. The van der Waals surface area contributed by atoms with Crippen LogP contribution in [0, 0.1) is 0 Å². The highest BCUT2D eigenvalue weighted by Gasteiger charge is 2.13. The Bertz CT molecular complexity index is 600. The minimum atomic E-state index is -0.857. The van der Waals surface area contributed by atoms with Crippen LogP contribution in [-0.2, 0) is 11.2 Å². The number of hydrogen-bond acceptors (Lipinski definition) is 4. The van der Waals surface area contributed by atoms with Gasteiger partial charge in [0.15, 0.2) is 5.16 Å². The molecule has 0 bridgehead atoms. The number of aliphatic carboxylic acids is 1. The van der Waals surface area contributed by atoms with E-state index in [0.29, 0.717) is 5.16 Å². The van der Waals surface area contributed by atoms with Crippen molar-refractivity contribution >= 4 is 33.7 Å². The molecule has 0 fully saturated rings. The number of carboxylic acids is 1. The van der Waals surface area contributed by atoms with Gasteiger partial charge in [0, 0.05) is 22.6 Å². The Labute approximate surface area is 123 Å². The molecule has 0 aliphatic rings. The zero-order valence-corrected chi connectivity index (χ0v) is 12.6. The van der Waals surface area contributed by atoms with Crippen molar-refractivity contribution in [3.8, 4) is 5.69 Å². The van der Waals surface area contributed by atoms with Crippen molar-refractivity contribution in [2.24, 2.45) is 0 Å². The molecule has 5 nitrogen and oxygen atoms in total. The number of aryl methyl sites for hydroxylation is 1. The lowest BCUT2D eigenvalue weighted by Crippen LogP contribution is -2.04. The molecule has 0 amide bonds. The van der Waals surface area contributed by atoms with Crippen molar-refractivity contribution in [3.63, 3.8) is 0 Å². The molecular weight excluding hydrogens is 330 g/mol. The molecule has 19 heavy (non-hydrogen) atoms. The summed E-state index contributed by atoms with van der Waals surface area (Å²) in [6.07, 6.45) is 6.02. The monoisotopic (exact) mass is 341 g/mol. The first-order chi connectivity index (χ1) is 9.11. The second kappa shape index (κ2) is 6.21. The van der Waals surface area contributed by atoms with Gasteiger partial charge in [-0.2, -0.15) is 0 Å². The number of carbonyl (C=O) groups is 1. The highest BCUT2D eigenvalue weighted by molar-refractivity contribution is 9.10. The Balaban J connectivity index is 2.41. The van der Waals surface area contributed by atoms with Crippen LogP contribution >= 0.6 is 27.7 Å². The van der Waals surface area contributed by atoms with Gasteiger partial charge in [0.25, 0.3) is 0 Å². The Morgan fingerprint density at radius 1 is 1.47 bits per heavy atom. The van der Waals surface area contributed by atoms with Gasteiger partial charge in [-0.3, -0.25) is 14.3 Å². The summed E-state index contributed by atoms with van der Waals surface area (Å²) in [6, 6.07) is 1.93. The molecule has 0 saturated carbocycles. The number of nitrogens with zero attached hydrogens (tertiary/aromatic N) is 3. The molecule has 2 rings (SSSR count). The summed E-state index contributed by atoms with van der Waals surface area (Å²) in [4.78, 5) is 19.1. The van der Waals surface area contributed by atoms with E-state index in [9.17, 15) is 4.79 Å². The van der Waals surface area contributed by atoms with Gasteiger partial charge in [0.05, 0.1) is 17.6 Å². The third-order valence-corrected chi connectivity index (χ3v) is 3.81. The zero-order chi connectivity index (χ0) is 13.8. The van der Waals surface area contributed by atoms with E-state index in [-0.39, 0.29) is 5.75 Å². The van der Waals surface area contributed by atoms with Crippen LogP contribution in [0.4, 0.5) is 0 Å². The van der Waals surface area contributed by atoms with Gasteiger partial charge in [0.2, 0.25) is 0 Å². The van der Waals surface area contributed by atoms with Crippen molar-refractivity contribution in [1.29, 1.82) is 0 Å². The molecule has 0 saturated heterocycles. The van der Waals surface area contributed by atoms with Crippen LogP contribution in [0.2, 0.25) is 0 Å². The molecule has 0 unspecified atom stereocenters. The standard InChI is InChI=1S/C12H12BrN3O2S/c1-2-9-6-15-12(19-7-11(17)18)16(9)10-3-8(13)4-14-5-10/h3-6H,2,7H2,1H3,(H,17,18). The summed E-state index contributed by atoms with van der Waals surface area (Å²) >= 11 is 4.59. The predicted octanol–water partition coefficient (Wildman–Crippen LogP) is 2.77. The average Bonchev–Trinajstić information content (AvgIpc) is 2.79. The first-order valence-electron chi connectivity index (χ1n) is 5.64. The SMILES string of the molecule is CCc1cnc(SCC(=O)O)n1-c1cncc(Br)c1. The van der Waals surface area contributed by atoms with Crippen LogP contribution in [0.5, 0.6) is 0 Å². The molecule has 0 spiro atoms. The fourth-order valence-corrected chi connectivity index (χ4v) is 2.73. The lowest BCUT2D eigenvalue weighted by molar-refractivity contribution is -0.133. The molecule has 100 valence electrons. The second-order valence-corrected chi connectivity index (χ2v) is 5.62. The topological polar surface area (TPSA) is 68.0 Å². The van der Waals surface area contributed by atoms with E-state index in [0.717, 1.165) is 22.3 Å². The van der Waals surface area contributed by atoms with E-state index in [2.05, 4.69) is 25.9 Å². The normalized spacial score (nSPS) is 10.6. The maximum atomic E-state index is 10.7. The van der Waals surface area contributed by atoms with Crippen LogP contribution in [-0.4, -0.2) is 31.4 Å². The molecule has 0 radical (unpaired) electrons. The van der Waals surface area contributed by atoms with E-state index in [1.165, 1.54) is 11.8 Å². The van der Waals surface area contributed by atoms with E-state index >= 15 is 0 Å². The predicted molar refractivity (Wildman–Crippen MR) is 76.8 cm³/mol. The quantitative estimate of drug-likeness (QED) is 0.847. The molecule has 0 atom stereocenters. The van der Waals surface area contributed by atoms with Gasteiger partial charge in [0.1, 0.15) is 0 Å². The number of rotatable bonds is 5. The molecule has 0 aliphatic heterocycles. The second-order valence-electron chi connectivity index (χ2n) is 3.76. The van der Waals surface area contributed by atoms with E-state index in [4.69, 9.17) is 5.11 Å². The van der Waals surface area contributed by atoms with Crippen LogP contribution in [0.1, 0.15) is 12.6 Å². The van der Waals surface area contributed by atoms with Gasteiger partial charge in [-0.05, 0) is 28.4 Å². The number of hydrogen-bond donors (Lipinski definition) is 1. The number of carboxylic acid groups (broad SMARTS) is 1. The number of thioether (sulfide) groups is 1. The third-order valence-electron chi connectivity index (χ3n) is 2.44. The van der Waals surface area contributed by atoms with Crippen molar-refractivity contribution < 1.29 is 9.90 Å². The van der Waals surface area contributed by atoms with E-state index < -0.39 is 5.97 Å². The van der Waals surface area contributed by atoms with Crippen molar-refractivity contribution in [3.05, 3.63) is 34.8 Å². The highest BCUT2D eigenvalue weighted by Crippen LogP contribution is 2.24. The highest BCUT2D eigenvalue weighted by atomic mass is 79.9. The van der Waals surface area contributed by atoms with Crippen LogP contribution in [0.25, 0.3) is 5.69 Å². The fraction of sp³-hybridized carbons (Fsp3) is 0.250. The maximum absolute atomic E-state index is 10.7. The molecule has 2 aromatic heterocycles. The first-order valence-corrected chi connectivity index (χ1v) is 7.41. The maximum Gasteiger partial charge on any atom is 0.313 e. The van der Waals surface area contributed by atoms with Gasteiger partial charge in [-0.15, -0.1) is 0 Å². The van der Waals surface area contributed by atoms with Gasteiger partial charge in [-0.25, -0.2) is 4.98 Å². The Morgan fingerprint density at radius 3 is 2.89 bits per heavy atom. The largest absolute Gasteiger partial charge is 0.481 e. The molecule has 0 aliphatic carbocycles. The molecule has 1 N–H and O–H groups in total. The minimum absolute atomic E-state index is 0.0123. The molecule has 2 heterocycles. The number of aromatic nitrogens is 3. The summed E-state index contributed by atoms with van der Waals surface area (Å²) < 4.78 is 2.81. The Hall–Kier alpha value is -1.34. The van der Waals surface area contributed by atoms with E-state index in [1.807, 2.05) is 17.6 Å².